The van der Waals surface area contributed by atoms with Gasteiger partial charge >= 0.3 is 0 Å². The van der Waals surface area contributed by atoms with Gasteiger partial charge in [-0.05, 0) is 35.0 Å². The number of pyridine rings is 1. The van der Waals surface area contributed by atoms with Gasteiger partial charge in [0.15, 0.2) is 0 Å². The molecule has 2 aromatic rings. The number of nitrogens with zero attached hydrogens (tertiary/aromatic N) is 2. The molecule has 2 aromatic heterocycles. The predicted molar refractivity (Wildman–Crippen MR) is 69.4 cm³/mol. The van der Waals surface area contributed by atoms with E-state index in [0.717, 1.165) is 22.4 Å². The van der Waals surface area contributed by atoms with Gasteiger partial charge in [0.25, 0.3) is 0 Å². The van der Waals surface area contributed by atoms with E-state index in [-0.39, 0.29) is 0 Å². The Morgan fingerprint density at radius 2 is 2.44 bits per heavy atom. The quantitative estimate of drug-likeness (QED) is 0.873. The summed E-state index contributed by atoms with van der Waals surface area (Å²) in [5, 5.41) is 3.35. The summed E-state index contributed by atoms with van der Waals surface area (Å²) in [6.45, 7) is 6.60. The number of fused-ring (bicyclic) bond motifs is 1. The van der Waals surface area contributed by atoms with Crippen LogP contribution in [-0.4, -0.2) is 15.4 Å². The summed E-state index contributed by atoms with van der Waals surface area (Å²) < 4.78 is 3.13. The monoisotopic (exact) mass is 279 g/mol. The summed E-state index contributed by atoms with van der Waals surface area (Å²) in [6.07, 6.45) is 5.81. The third-order valence-corrected chi connectivity index (χ3v) is 2.97. The first-order valence-electron chi connectivity index (χ1n) is 5.18. The van der Waals surface area contributed by atoms with Crippen molar-refractivity contribution in [1.82, 2.24) is 14.7 Å². The fourth-order valence-electron chi connectivity index (χ4n) is 1.48. The van der Waals surface area contributed by atoms with Gasteiger partial charge in [0.2, 0.25) is 0 Å². The normalized spacial score (nSPS) is 12.9. The first kappa shape index (κ1) is 11.4. The van der Waals surface area contributed by atoms with Crippen molar-refractivity contribution in [1.29, 1.82) is 0 Å². The van der Waals surface area contributed by atoms with Crippen LogP contribution >= 0.6 is 15.9 Å². The second-order valence-corrected chi connectivity index (χ2v) is 4.65. The molecule has 0 aliphatic rings. The van der Waals surface area contributed by atoms with Gasteiger partial charge < -0.3 is 9.72 Å². The third kappa shape index (κ3) is 2.33. The zero-order chi connectivity index (χ0) is 11.5. The van der Waals surface area contributed by atoms with Crippen LogP contribution in [0, 0.1) is 0 Å². The molecule has 0 aliphatic carbocycles. The van der Waals surface area contributed by atoms with Crippen LogP contribution in [0.25, 0.3) is 5.65 Å². The molecule has 1 unspecified atom stereocenters. The molecular formula is C12H14BrN3. The van der Waals surface area contributed by atoms with Crippen LogP contribution in [0.4, 0.5) is 0 Å². The fraction of sp³-hybridized carbons (Fsp3) is 0.250. The van der Waals surface area contributed by atoms with Crippen molar-refractivity contribution in [2.45, 2.75) is 19.5 Å². The standard InChI is InChI=1S/C12H14BrN3/c1-3-9(2)14-6-11-7-15-12-5-4-10(13)8-16(11)12/h3-5,7-9,14H,1,6H2,2H3. The molecule has 0 fully saturated rings. The Kier molecular flexibility index (Phi) is 3.41. The van der Waals surface area contributed by atoms with E-state index in [2.05, 4.69) is 44.1 Å². The van der Waals surface area contributed by atoms with E-state index in [1.807, 2.05) is 30.6 Å². The van der Waals surface area contributed by atoms with E-state index in [9.17, 15) is 0 Å². The minimum absolute atomic E-state index is 0.303. The molecule has 0 saturated heterocycles. The van der Waals surface area contributed by atoms with Crippen LogP contribution in [0.15, 0.2) is 41.7 Å². The van der Waals surface area contributed by atoms with Crippen molar-refractivity contribution in [3.05, 3.63) is 47.3 Å². The SMILES string of the molecule is C=CC(C)NCc1cnc2ccc(Br)cn12. The Morgan fingerprint density at radius 1 is 1.62 bits per heavy atom. The van der Waals surface area contributed by atoms with Crippen LogP contribution in [0.2, 0.25) is 0 Å². The maximum absolute atomic E-state index is 4.34. The number of halogens is 1. The second-order valence-electron chi connectivity index (χ2n) is 3.73. The van der Waals surface area contributed by atoms with Crippen LogP contribution in [0.5, 0.6) is 0 Å². The summed E-state index contributed by atoms with van der Waals surface area (Å²) in [7, 11) is 0. The molecule has 2 heterocycles. The lowest BCUT2D eigenvalue weighted by Crippen LogP contribution is -2.23. The highest BCUT2D eigenvalue weighted by Crippen LogP contribution is 2.13. The van der Waals surface area contributed by atoms with Gasteiger partial charge in [-0.2, -0.15) is 0 Å². The molecule has 0 bridgehead atoms. The minimum atomic E-state index is 0.303. The first-order valence-corrected chi connectivity index (χ1v) is 5.97. The topological polar surface area (TPSA) is 29.3 Å². The van der Waals surface area contributed by atoms with Crippen LogP contribution in [0.1, 0.15) is 12.6 Å². The molecule has 1 atom stereocenters. The largest absolute Gasteiger partial charge is 0.305 e. The lowest BCUT2D eigenvalue weighted by molar-refractivity contribution is 0.622. The van der Waals surface area contributed by atoms with E-state index >= 15 is 0 Å². The maximum Gasteiger partial charge on any atom is 0.136 e. The molecule has 0 radical (unpaired) electrons. The number of rotatable bonds is 4. The molecule has 0 amide bonds. The smallest absolute Gasteiger partial charge is 0.136 e. The van der Waals surface area contributed by atoms with Gasteiger partial charge in [-0.3, -0.25) is 0 Å². The molecule has 0 aliphatic heterocycles. The second kappa shape index (κ2) is 4.80. The molecule has 0 spiro atoms. The van der Waals surface area contributed by atoms with E-state index in [1.165, 1.54) is 0 Å². The number of nitrogens with one attached hydrogen (secondary N) is 1. The summed E-state index contributed by atoms with van der Waals surface area (Å²) >= 11 is 3.46. The minimum Gasteiger partial charge on any atom is -0.305 e. The summed E-state index contributed by atoms with van der Waals surface area (Å²) in [5.41, 5.74) is 2.11. The third-order valence-electron chi connectivity index (χ3n) is 2.50. The van der Waals surface area contributed by atoms with Crippen molar-refractivity contribution in [3.63, 3.8) is 0 Å². The van der Waals surface area contributed by atoms with Crippen molar-refractivity contribution in [2.75, 3.05) is 0 Å². The Bertz CT molecular complexity index is 504. The average molecular weight is 280 g/mol. The summed E-state index contributed by atoms with van der Waals surface area (Å²) in [6, 6.07) is 4.29. The lowest BCUT2D eigenvalue weighted by atomic mass is 10.3. The van der Waals surface area contributed by atoms with Gasteiger partial charge in [0, 0.05) is 23.3 Å². The Balaban J connectivity index is 2.24. The van der Waals surface area contributed by atoms with Crippen molar-refractivity contribution in [2.24, 2.45) is 0 Å². The Morgan fingerprint density at radius 3 is 3.19 bits per heavy atom. The molecular weight excluding hydrogens is 266 g/mol. The maximum atomic E-state index is 4.34. The van der Waals surface area contributed by atoms with E-state index < -0.39 is 0 Å². The van der Waals surface area contributed by atoms with Crippen LogP contribution in [0.3, 0.4) is 0 Å². The lowest BCUT2D eigenvalue weighted by Gasteiger charge is -2.08. The summed E-state index contributed by atoms with van der Waals surface area (Å²) in [5.74, 6) is 0. The van der Waals surface area contributed by atoms with Crippen molar-refractivity contribution >= 4 is 21.6 Å². The predicted octanol–water partition coefficient (Wildman–Crippen LogP) is 2.76. The fourth-order valence-corrected chi connectivity index (χ4v) is 1.82. The molecule has 0 saturated carbocycles. The molecule has 0 aromatic carbocycles. The highest BCUT2D eigenvalue weighted by molar-refractivity contribution is 9.10. The highest BCUT2D eigenvalue weighted by Gasteiger charge is 2.04. The van der Waals surface area contributed by atoms with E-state index in [1.54, 1.807) is 0 Å². The number of imidazole rings is 1. The molecule has 16 heavy (non-hydrogen) atoms. The highest BCUT2D eigenvalue weighted by atomic mass is 79.9. The van der Waals surface area contributed by atoms with Gasteiger partial charge in [0.05, 0.1) is 11.9 Å². The Labute approximate surface area is 103 Å². The molecule has 3 nitrogen and oxygen atoms in total. The molecule has 2 rings (SSSR count). The van der Waals surface area contributed by atoms with Gasteiger partial charge in [-0.1, -0.05) is 6.08 Å². The van der Waals surface area contributed by atoms with Crippen LogP contribution < -0.4 is 5.32 Å². The number of aromatic nitrogens is 2. The van der Waals surface area contributed by atoms with Gasteiger partial charge in [0.1, 0.15) is 5.65 Å². The number of hydrogen-bond acceptors (Lipinski definition) is 2. The molecule has 1 N–H and O–H groups in total. The van der Waals surface area contributed by atoms with Crippen LogP contribution in [-0.2, 0) is 6.54 Å². The zero-order valence-corrected chi connectivity index (χ0v) is 10.7. The Hall–Kier alpha value is -1.13. The average Bonchev–Trinajstić information content (AvgIpc) is 2.68. The first-order chi connectivity index (χ1) is 7.70. The van der Waals surface area contributed by atoms with Crippen molar-refractivity contribution in [3.8, 4) is 0 Å². The summed E-state index contributed by atoms with van der Waals surface area (Å²) in [4.78, 5) is 4.34. The van der Waals surface area contributed by atoms with Gasteiger partial charge in [-0.15, -0.1) is 6.58 Å². The molecule has 84 valence electrons. The van der Waals surface area contributed by atoms with E-state index in [0.29, 0.717) is 6.04 Å². The van der Waals surface area contributed by atoms with E-state index in [4.69, 9.17) is 0 Å². The number of hydrogen-bond donors (Lipinski definition) is 1. The molecule has 4 heteroatoms. The van der Waals surface area contributed by atoms with Gasteiger partial charge in [-0.25, -0.2) is 4.98 Å². The van der Waals surface area contributed by atoms with Crippen molar-refractivity contribution < 1.29 is 0 Å². The zero-order valence-electron chi connectivity index (χ0n) is 9.15.